The Bertz CT molecular complexity index is 750. The molecule has 0 aliphatic heterocycles. The standard InChI is InChI=1S/C17H20NO3S/c1-12(2)16-7-5-6-13(3)17(16)18-22(19,20)15-10-8-14(21-4)9-11-15/h5-12H,1-4H3/q-1. The topological polar surface area (TPSA) is 57.5 Å². The van der Waals surface area contributed by atoms with Crippen LogP contribution in [0, 0.1) is 6.92 Å². The summed E-state index contributed by atoms with van der Waals surface area (Å²) >= 11 is 0. The van der Waals surface area contributed by atoms with E-state index in [4.69, 9.17) is 4.74 Å². The van der Waals surface area contributed by atoms with Crippen molar-refractivity contribution in [2.45, 2.75) is 31.6 Å². The van der Waals surface area contributed by atoms with E-state index in [0.29, 0.717) is 11.4 Å². The van der Waals surface area contributed by atoms with Gasteiger partial charge in [0.15, 0.2) is 0 Å². The molecule has 0 atom stereocenters. The maximum Gasteiger partial charge on any atom is 0.123 e. The van der Waals surface area contributed by atoms with Crippen LogP contribution >= 0.6 is 0 Å². The zero-order valence-corrected chi connectivity index (χ0v) is 14.0. The minimum Gasteiger partial charge on any atom is -0.572 e. The Hall–Kier alpha value is -2.01. The number of benzene rings is 2. The molecule has 0 fully saturated rings. The van der Waals surface area contributed by atoms with Crippen molar-refractivity contribution in [3.8, 4) is 5.75 Å². The molecular formula is C17H20NO3S-. The first-order valence-electron chi connectivity index (χ1n) is 7.06. The van der Waals surface area contributed by atoms with Crippen LogP contribution in [0.2, 0.25) is 0 Å². The van der Waals surface area contributed by atoms with Gasteiger partial charge in [-0.2, -0.15) is 0 Å². The lowest BCUT2D eigenvalue weighted by Crippen LogP contribution is -2.01. The highest BCUT2D eigenvalue weighted by Crippen LogP contribution is 2.37. The van der Waals surface area contributed by atoms with Crippen molar-refractivity contribution in [1.82, 2.24) is 0 Å². The van der Waals surface area contributed by atoms with Crippen LogP contribution in [0.25, 0.3) is 4.72 Å². The molecule has 0 radical (unpaired) electrons. The van der Waals surface area contributed by atoms with Crippen LogP contribution in [0.1, 0.15) is 30.9 Å². The van der Waals surface area contributed by atoms with Gasteiger partial charge in [0, 0.05) is 0 Å². The molecule has 0 spiro atoms. The van der Waals surface area contributed by atoms with Gasteiger partial charge in [0.2, 0.25) is 0 Å². The van der Waals surface area contributed by atoms with Gasteiger partial charge in [-0.05, 0) is 37.1 Å². The van der Waals surface area contributed by atoms with Crippen molar-refractivity contribution in [2.75, 3.05) is 7.11 Å². The average Bonchev–Trinajstić information content (AvgIpc) is 2.49. The van der Waals surface area contributed by atoms with Gasteiger partial charge >= 0.3 is 0 Å². The predicted octanol–water partition coefficient (Wildman–Crippen LogP) is 4.52. The molecular weight excluding hydrogens is 298 g/mol. The van der Waals surface area contributed by atoms with Crippen LogP contribution < -0.4 is 4.74 Å². The molecule has 22 heavy (non-hydrogen) atoms. The van der Waals surface area contributed by atoms with E-state index < -0.39 is 10.0 Å². The Balaban J connectivity index is 2.40. The van der Waals surface area contributed by atoms with Gasteiger partial charge in [0.25, 0.3) is 0 Å². The van der Waals surface area contributed by atoms with E-state index in [-0.39, 0.29) is 10.8 Å². The number of ether oxygens (including phenoxy) is 1. The summed E-state index contributed by atoms with van der Waals surface area (Å²) in [4.78, 5) is 0.159. The maximum atomic E-state index is 12.5. The molecule has 0 saturated heterocycles. The highest BCUT2D eigenvalue weighted by atomic mass is 32.2. The first-order chi connectivity index (χ1) is 10.3. The summed E-state index contributed by atoms with van der Waals surface area (Å²) in [5.74, 6) is 0.808. The fourth-order valence-corrected chi connectivity index (χ4v) is 3.27. The van der Waals surface area contributed by atoms with Crippen LogP contribution in [0.15, 0.2) is 47.4 Å². The normalized spacial score (nSPS) is 11.5. The van der Waals surface area contributed by atoms with E-state index in [2.05, 4.69) is 4.72 Å². The fourth-order valence-electron chi connectivity index (χ4n) is 2.19. The Morgan fingerprint density at radius 3 is 2.23 bits per heavy atom. The Morgan fingerprint density at radius 1 is 1.05 bits per heavy atom. The monoisotopic (exact) mass is 318 g/mol. The van der Waals surface area contributed by atoms with Crippen molar-refractivity contribution < 1.29 is 13.2 Å². The lowest BCUT2D eigenvalue weighted by molar-refractivity contribution is 0.414. The van der Waals surface area contributed by atoms with E-state index in [1.807, 2.05) is 39.0 Å². The van der Waals surface area contributed by atoms with E-state index in [9.17, 15) is 8.42 Å². The molecule has 118 valence electrons. The Kier molecular flexibility index (Phi) is 4.76. The number of aryl methyl sites for hydroxylation is 1. The van der Waals surface area contributed by atoms with Gasteiger partial charge < -0.3 is 9.46 Å². The van der Waals surface area contributed by atoms with Crippen molar-refractivity contribution in [3.63, 3.8) is 0 Å². The number of methoxy groups -OCH3 is 1. The largest absolute Gasteiger partial charge is 0.572 e. The van der Waals surface area contributed by atoms with Gasteiger partial charge in [-0.15, -0.1) is 5.69 Å². The summed E-state index contributed by atoms with van der Waals surface area (Å²) in [6, 6.07) is 11.9. The van der Waals surface area contributed by atoms with Crippen LogP contribution in [-0.4, -0.2) is 15.5 Å². The summed E-state index contributed by atoms with van der Waals surface area (Å²) in [5.41, 5.74) is 2.31. The molecule has 0 aromatic heterocycles. The number of rotatable bonds is 5. The van der Waals surface area contributed by atoms with Crippen LogP contribution in [0.5, 0.6) is 5.75 Å². The molecule has 0 unspecified atom stereocenters. The molecule has 4 nitrogen and oxygen atoms in total. The number of nitrogens with zero attached hydrogens (tertiary/aromatic N) is 1. The first kappa shape index (κ1) is 16.4. The third kappa shape index (κ3) is 3.42. The van der Waals surface area contributed by atoms with Crippen LogP contribution in [0.4, 0.5) is 5.69 Å². The average molecular weight is 318 g/mol. The van der Waals surface area contributed by atoms with E-state index in [1.165, 1.54) is 19.2 Å². The van der Waals surface area contributed by atoms with Crippen LogP contribution in [-0.2, 0) is 10.0 Å². The summed E-state index contributed by atoms with van der Waals surface area (Å²) < 4.78 is 34.2. The quantitative estimate of drug-likeness (QED) is 0.814. The summed E-state index contributed by atoms with van der Waals surface area (Å²) in [6.07, 6.45) is 0. The highest BCUT2D eigenvalue weighted by molar-refractivity contribution is 7.94. The smallest absolute Gasteiger partial charge is 0.123 e. The number of sulfonamides is 1. The fraction of sp³-hybridized carbons (Fsp3) is 0.294. The zero-order chi connectivity index (χ0) is 16.3. The SMILES string of the molecule is COc1ccc(S(=O)(=O)[N-]c2c(C)cccc2C(C)C)cc1. The van der Waals surface area contributed by atoms with E-state index in [1.54, 1.807) is 12.1 Å². The molecule has 0 amide bonds. The summed E-state index contributed by atoms with van der Waals surface area (Å²) in [5, 5.41) is 0. The second-order valence-electron chi connectivity index (χ2n) is 5.41. The van der Waals surface area contributed by atoms with Crippen molar-refractivity contribution >= 4 is 15.7 Å². The predicted molar refractivity (Wildman–Crippen MR) is 88.5 cm³/mol. The molecule has 0 bridgehead atoms. The number of hydrogen-bond donors (Lipinski definition) is 0. The van der Waals surface area contributed by atoms with Crippen molar-refractivity contribution in [2.24, 2.45) is 0 Å². The third-order valence-electron chi connectivity index (χ3n) is 3.46. The highest BCUT2D eigenvalue weighted by Gasteiger charge is 2.09. The lowest BCUT2D eigenvalue weighted by atomic mass is 9.99. The van der Waals surface area contributed by atoms with Gasteiger partial charge in [-0.25, -0.2) is 8.42 Å². The first-order valence-corrected chi connectivity index (χ1v) is 8.50. The summed E-state index contributed by atoms with van der Waals surface area (Å²) in [6.45, 7) is 5.91. The minimum atomic E-state index is -3.75. The van der Waals surface area contributed by atoms with Gasteiger partial charge in [-0.3, -0.25) is 0 Å². The lowest BCUT2D eigenvalue weighted by Gasteiger charge is -2.28. The van der Waals surface area contributed by atoms with Crippen molar-refractivity contribution in [1.29, 1.82) is 0 Å². The molecule has 0 aliphatic carbocycles. The second kappa shape index (κ2) is 6.40. The second-order valence-corrected chi connectivity index (χ2v) is 7.01. The van der Waals surface area contributed by atoms with Gasteiger partial charge in [0.05, 0.1) is 12.0 Å². The maximum absolute atomic E-state index is 12.5. The minimum absolute atomic E-state index is 0.159. The zero-order valence-electron chi connectivity index (χ0n) is 13.2. The molecule has 0 saturated carbocycles. The van der Waals surface area contributed by atoms with Gasteiger partial charge in [0.1, 0.15) is 15.8 Å². The number of hydrogen-bond acceptors (Lipinski definition) is 3. The molecule has 2 aromatic carbocycles. The Morgan fingerprint density at radius 2 is 1.68 bits per heavy atom. The molecule has 0 N–H and O–H groups in total. The molecule has 2 rings (SSSR count). The molecule has 0 heterocycles. The summed E-state index contributed by atoms with van der Waals surface area (Å²) in [7, 11) is -2.21. The van der Waals surface area contributed by atoms with E-state index >= 15 is 0 Å². The van der Waals surface area contributed by atoms with Crippen LogP contribution in [0.3, 0.4) is 0 Å². The Labute approximate surface area is 132 Å². The molecule has 2 aromatic rings. The van der Waals surface area contributed by atoms with E-state index in [0.717, 1.165) is 11.1 Å². The van der Waals surface area contributed by atoms with Gasteiger partial charge in [-0.1, -0.05) is 43.2 Å². The molecule has 0 aliphatic rings. The molecule has 5 heteroatoms. The van der Waals surface area contributed by atoms with Crippen molar-refractivity contribution in [3.05, 3.63) is 58.3 Å². The third-order valence-corrected chi connectivity index (χ3v) is 4.75.